The van der Waals surface area contributed by atoms with Gasteiger partial charge >= 0.3 is 0 Å². The first-order valence-electron chi connectivity index (χ1n) is 5.22. The molecular formula is C13H7BrClN3O. The average Bonchev–Trinajstić information content (AvgIpc) is 2.41. The van der Waals surface area contributed by atoms with Gasteiger partial charge < -0.3 is 5.32 Å². The molecule has 1 aromatic carbocycles. The van der Waals surface area contributed by atoms with Gasteiger partial charge in [0.1, 0.15) is 10.7 Å². The first kappa shape index (κ1) is 13.5. The van der Waals surface area contributed by atoms with Gasteiger partial charge in [0, 0.05) is 11.9 Å². The minimum Gasteiger partial charge on any atom is -0.322 e. The average molecular weight is 337 g/mol. The Morgan fingerprint density at radius 3 is 2.79 bits per heavy atom. The van der Waals surface area contributed by atoms with E-state index < -0.39 is 0 Å². The summed E-state index contributed by atoms with van der Waals surface area (Å²) < 4.78 is 0.655. The third-order valence-corrected chi connectivity index (χ3v) is 3.13. The molecule has 0 bridgehead atoms. The van der Waals surface area contributed by atoms with Crippen LogP contribution < -0.4 is 5.32 Å². The Labute approximate surface area is 123 Å². The molecule has 19 heavy (non-hydrogen) atoms. The fourth-order valence-electron chi connectivity index (χ4n) is 1.40. The Balaban J connectivity index is 2.20. The summed E-state index contributed by atoms with van der Waals surface area (Å²) in [6, 6.07) is 10.00. The number of pyridine rings is 1. The molecule has 0 aliphatic heterocycles. The van der Waals surface area contributed by atoms with Crippen molar-refractivity contribution in [1.29, 1.82) is 5.26 Å². The number of hydrogen-bond donors (Lipinski definition) is 1. The van der Waals surface area contributed by atoms with E-state index in [2.05, 4.69) is 26.2 Å². The van der Waals surface area contributed by atoms with Crippen LogP contribution in [0.3, 0.4) is 0 Å². The molecule has 0 aliphatic rings. The summed E-state index contributed by atoms with van der Waals surface area (Å²) in [5.74, 6) is -0.300. The Morgan fingerprint density at radius 1 is 1.37 bits per heavy atom. The van der Waals surface area contributed by atoms with E-state index in [0.29, 0.717) is 26.4 Å². The van der Waals surface area contributed by atoms with Crippen LogP contribution in [0, 0.1) is 11.3 Å². The van der Waals surface area contributed by atoms with Gasteiger partial charge in [0.05, 0.1) is 16.1 Å². The Bertz CT molecular complexity index is 665. The Morgan fingerprint density at radius 2 is 2.16 bits per heavy atom. The van der Waals surface area contributed by atoms with E-state index >= 15 is 0 Å². The maximum absolute atomic E-state index is 11.9. The smallest absolute Gasteiger partial charge is 0.257 e. The Kier molecular flexibility index (Phi) is 4.15. The van der Waals surface area contributed by atoms with E-state index in [1.807, 2.05) is 6.07 Å². The molecular weight excluding hydrogens is 330 g/mol. The molecule has 6 heteroatoms. The zero-order chi connectivity index (χ0) is 13.8. The van der Waals surface area contributed by atoms with Gasteiger partial charge in [0.15, 0.2) is 0 Å². The van der Waals surface area contributed by atoms with Crippen LogP contribution in [0.5, 0.6) is 0 Å². The standard InChI is InChI=1S/C13H7BrClN3O/c14-12-4-1-8(7-17-12)13(19)18-10-2-3-11(15)9(5-10)6-16/h1-5,7H,(H,18,19). The topological polar surface area (TPSA) is 65.8 Å². The van der Waals surface area contributed by atoms with Gasteiger partial charge in [-0.1, -0.05) is 11.6 Å². The van der Waals surface area contributed by atoms with Crippen LogP contribution in [0.2, 0.25) is 5.02 Å². The number of nitrogens with one attached hydrogen (secondary N) is 1. The molecule has 0 fully saturated rings. The van der Waals surface area contributed by atoms with Gasteiger partial charge in [-0.25, -0.2) is 4.98 Å². The van der Waals surface area contributed by atoms with Crippen molar-refractivity contribution in [2.45, 2.75) is 0 Å². The number of carbonyl (C=O) groups is 1. The fourth-order valence-corrected chi connectivity index (χ4v) is 1.80. The van der Waals surface area contributed by atoms with Gasteiger partial charge in [0.25, 0.3) is 5.91 Å². The van der Waals surface area contributed by atoms with Crippen LogP contribution in [0.25, 0.3) is 0 Å². The highest BCUT2D eigenvalue weighted by Gasteiger charge is 2.08. The van der Waals surface area contributed by atoms with Gasteiger partial charge in [-0.2, -0.15) is 5.26 Å². The molecule has 0 atom stereocenters. The van der Waals surface area contributed by atoms with E-state index in [1.165, 1.54) is 12.3 Å². The molecule has 0 spiro atoms. The lowest BCUT2D eigenvalue weighted by Gasteiger charge is -2.06. The predicted octanol–water partition coefficient (Wildman–Crippen LogP) is 3.62. The predicted molar refractivity (Wildman–Crippen MR) is 76.1 cm³/mol. The van der Waals surface area contributed by atoms with E-state index in [0.717, 1.165) is 0 Å². The molecule has 0 aliphatic carbocycles. The van der Waals surface area contributed by atoms with Crippen molar-refractivity contribution in [3.8, 4) is 6.07 Å². The number of carbonyl (C=O) groups excluding carboxylic acids is 1. The minimum atomic E-state index is -0.300. The second kappa shape index (κ2) is 5.83. The highest BCUT2D eigenvalue weighted by Crippen LogP contribution is 2.20. The summed E-state index contributed by atoms with van der Waals surface area (Å²) in [5, 5.41) is 11.9. The lowest BCUT2D eigenvalue weighted by Crippen LogP contribution is -2.12. The maximum atomic E-state index is 11.9. The molecule has 2 aromatic rings. The largest absolute Gasteiger partial charge is 0.322 e. The van der Waals surface area contributed by atoms with Gasteiger partial charge in [-0.3, -0.25) is 4.79 Å². The molecule has 0 saturated heterocycles. The number of nitrogens with zero attached hydrogens (tertiary/aromatic N) is 2. The molecule has 94 valence electrons. The zero-order valence-electron chi connectivity index (χ0n) is 9.52. The molecule has 0 radical (unpaired) electrons. The number of hydrogen-bond acceptors (Lipinski definition) is 3. The summed E-state index contributed by atoms with van der Waals surface area (Å²) in [6.07, 6.45) is 1.46. The van der Waals surface area contributed by atoms with E-state index in [-0.39, 0.29) is 5.91 Å². The van der Waals surface area contributed by atoms with Crippen molar-refractivity contribution < 1.29 is 4.79 Å². The second-order valence-corrected chi connectivity index (χ2v) is 4.85. The molecule has 4 nitrogen and oxygen atoms in total. The first-order chi connectivity index (χ1) is 9.10. The quantitative estimate of drug-likeness (QED) is 0.852. The highest BCUT2D eigenvalue weighted by molar-refractivity contribution is 9.10. The molecule has 1 amide bonds. The normalized spacial score (nSPS) is 9.74. The highest BCUT2D eigenvalue weighted by atomic mass is 79.9. The fraction of sp³-hybridized carbons (Fsp3) is 0. The first-order valence-corrected chi connectivity index (χ1v) is 6.40. The number of halogens is 2. The van der Waals surface area contributed by atoms with Crippen LogP contribution in [-0.2, 0) is 0 Å². The molecule has 1 N–H and O–H groups in total. The third-order valence-electron chi connectivity index (χ3n) is 2.33. The van der Waals surface area contributed by atoms with Crippen molar-refractivity contribution in [3.63, 3.8) is 0 Å². The van der Waals surface area contributed by atoms with Gasteiger partial charge in [0.2, 0.25) is 0 Å². The van der Waals surface area contributed by atoms with Crippen molar-refractivity contribution >= 4 is 39.1 Å². The van der Waals surface area contributed by atoms with Gasteiger partial charge in [-0.05, 0) is 46.3 Å². The van der Waals surface area contributed by atoms with Crippen molar-refractivity contribution in [3.05, 3.63) is 57.3 Å². The lowest BCUT2D eigenvalue weighted by atomic mass is 10.2. The zero-order valence-corrected chi connectivity index (χ0v) is 11.9. The number of aromatic nitrogens is 1. The van der Waals surface area contributed by atoms with Gasteiger partial charge in [-0.15, -0.1) is 0 Å². The minimum absolute atomic E-state index is 0.300. The van der Waals surface area contributed by atoms with Crippen LogP contribution in [0.4, 0.5) is 5.69 Å². The summed E-state index contributed by atoms with van der Waals surface area (Å²) in [7, 11) is 0. The van der Waals surface area contributed by atoms with Crippen molar-refractivity contribution in [2.24, 2.45) is 0 Å². The molecule has 2 rings (SSSR count). The van der Waals surface area contributed by atoms with Crippen molar-refractivity contribution in [2.75, 3.05) is 5.32 Å². The van der Waals surface area contributed by atoms with E-state index in [9.17, 15) is 4.79 Å². The summed E-state index contributed by atoms with van der Waals surface area (Å²) in [6.45, 7) is 0. The summed E-state index contributed by atoms with van der Waals surface area (Å²) in [5.41, 5.74) is 1.25. The van der Waals surface area contributed by atoms with Crippen LogP contribution in [0.15, 0.2) is 41.1 Å². The van der Waals surface area contributed by atoms with Crippen LogP contribution in [-0.4, -0.2) is 10.9 Å². The lowest BCUT2D eigenvalue weighted by molar-refractivity contribution is 0.102. The third kappa shape index (κ3) is 3.31. The SMILES string of the molecule is N#Cc1cc(NC(=O)c2ccc(Br)nc2)ccc1Cl. The van der Waals surface area contributed by atoms with E-state index in [1.54, 1.807) is 24.3 Å². The van der Waals surface area contributed by atoms with Crippen LogP contribution >= 0.6 is 27.5 Å². The Hall–Kier alpha value is -1.90. The number of rotatable bonds is 2. The molecule has 0 saturated carbocycles. The number of anilines is 1. The van der Waals surface area contributed by atoms with E-state index in [4.69, 9.17) is 16.9 Å². The molecule has 1 aromatic heterocycles. The van der Waals surface area contributed by atoms with Crippen molar-refractivity contribution in [1.82, 2.24) is 4.98 Å². The number of benzene rings is 1. The van der Waals surface area contributed by atoms with Crippen LogP contribution in [0.1, 0.15) is 15.9 Å². The summed E-state index contributed by atoms with van der Waals surface area (Å²) in [4.78, 5) is 15.9. The molecule has 0 unspecified atom stereocenters. The number of amides is 1. The summed E-state index contributed by atoms with van der Waals surface area (Å²) >= 11 is 9.01. The number of nitriles is 1. The maximum Gasteiger partial charge on any atom is 0.257 e. The second-order valence-electron chi connectivity index (χ2n) is 3.63. The molecule has 1 heterocycles. The monoisotopic (exact) mass is 335 g/mol.